The predicted octanol–water partition coefficient (Wildman–Crippen LogP) is 6.73. The molecule has 0 unspecified atom stereocenters. The van der Waals surface area contributed by atoms with Gasteiger partial charge >= 0.3 is 0 Å². The Labute approximate surface area is 287 Å². The van der Waals surface area contributed by atoms with Crippen LogP contribution in [-0.4, -0.2) is 96.0 Å². The summed E-state index contributed by atoms with van der Waals surface area (Å²) < 4.78 is 0. The number of anilines is 1. The molecule has 242 valence electrons. The standard InChI is InChI=1S/C38H41ClN6OS/c39-35-29-36(44-25-21-42(22-26-44)19-7-13-31-9-3-1-4-10-31)41-38(40-35)47-30-33-15-17-34(18-16-33)37(46)45-27-23-43(24-28-45)20-8-14-32-11-5-2-6-12-32/h1-18,29H,19-28,30H2. The van der Waals surface area contributed by atoms with Crippen molar-refractivity contribution in [2.75, 3.05) is 70.3 Å². The van der Waals surface area contributed by atoms with Gasteiger partial charge in [-0.25, -0.2) is 9.97 Å². The van der Waals surface area contributed by atoms with E-state index in [1.165, 1.54) is 11.1 Å². The largest absolute Gasteiger partial charge is 0.354 e. The zero-order valence-electron chi connectivity index (χ0n) is 26.6. The van der Waals surface area contributed by atoms with Gasteiger partial charge in [-0.3, -0.25) is 14.6 Å². The minimum atomic E-state index is 0.0961. The fraction of sp³-hybridized carbons (Fsp3) is 0.289. The lowest BCUT2D eigenvalue weighted by atomic mass is 10.1. The Morgan fingerprint density at radius 1 is 0.702 bits per heavy atom. The summed E-state index contributed by atoms with van der Waals surface area (Å²) in [5.74, 6) is 1.67. The molecule has 0 aliphatic carbocycles. The van der Waals surface area contributed by atoms with Gasteiger partial charge < -0.3 is 9.80 Å². The molecule has 9 heteroatoms. The fourth-order valence-electron chi connectivity index (χ4n) is 5.78. The van der Waals surface area contributed by atoms with E-state index in [2.05, 4.69) is 92.5 Å². The van der Waals surface area contributed by atoms with E-state index in [1.54, 1.807) is 11.8 Å². The lowest BCUT2D eigenvalue weighted by molar-refractivity contribution is 0.0650. The van der Waals surface area contributed by atoms with E-state index in [0.29, 0.717) is 16.1 Å². The normalized spacial score (nSPS) is 16.4. The third-order valence-corrected chi connectivity index (χ3v) is 9.64. The summed E-state index contributed by atoms with van der Waals surface area (Å²) in [6.45, 7) is 8.79. The van der Waals surface area contributed by atoms with Gasteiger partial charge in [0.2, 0.25) is 0 Å². The minimum Gasteiger partial charge on any atom is -0.354 e. The second-order valence-electron chi connectivity index (χ2n) is 11.8. The molecule has 1 amide bonds. The van der Waals surface area contributed by atoms with Crippen LogP contribution in [0.1, 0.15) is 27.0 Å². The molecule has 2 fully saturated rings. The number of thioether (sulfide) groups is 1. The Morgan fingerprint density at radius 3 is 1.83 bits per heavy atom. The molecule has 3 aromatic carbocycles. The number of halogens is 1. The third kappa shape index (κ3) is 9.78. The van der Waals surface area contributed by atoms with Crippen LogP contribution in [0.2, 0.25) is 5.15 Å². The zero-order chi connectivity index (χ0) is 32.3. The van der Waals surface area contributed by atoms with Crippen LogP contribution < -0.4 is 4.90 Å². The first-order chi connectivity index (χ1) is 23.1. The fourth-order valence-corrected chi connectivity index (χ4v) is 6.82. The lowest BCUT2D eigenvalue weighted by Crippen LogP contribution is -2.48. The van der Waals surface area contributed by atoms with Crippen molar-refractivity contribution in [3.05, 3.63) is 131 Å². The molecule has 4 aromatic rings. The number of piperazine rings is 2. The number of hydrogen-bond acceptors (Lipinski definition) is 7. The predicted molar refractivity (Wildman–Crippen MR) is 195 cm³/mol. The summed E-state index contributed by atoms with van der Waals surface area (Å²) in [5, 5.41) is 1.12. The van der Waals surface area contributed by atoms with E-state index in [9.17, 15) is 4.79 Å². The molecule has 0 bridgehead atoms. The highest BCUT2D eigenvalue weighted by atomic mass is 35.5. The molecular weight excluding hydrogens is 624 g/mol. The van der Waals surface area contributed by atoms with Crippen molar-refractivity contribution in [1.82, 2.24) is 24.7 Å². The highest BCUT2D eigenvalue weighted by Crippen LogP contribution is 2.26. The number of carbonyl (C=O) groups is 1. The first kappa shape index (κ1) is 33.0. The van der Waals surface area contributed by atoms with Gasteiger partial charge in [0, 0.05) is 82.8 Å². The van der Waals surface area contributed by atoms with Gasteiger partial charge in [0.15, 0.2) is 5.16 Å². The van der Waals surface area contributed by atoms with Crippen LogP contribution in [-0.2, 0) is 5.75 Å². The van der Waals surface area contributed by atoms with Crippen LogP contribution in [0.5, 0.6) is 0 Å². The van der Waals surface area contributed by atoms with Crippen LogP contribution in [0, 0.1) is 0 Å². The molecule has 0 atom stereocenters. The quantitative estimate of drug-likeness (QED) is 0.100. The average molecular weight is 665 g/mol. The molecule has 0 N–H and O–H groups in total. The molecule has 1 aromatic heterocycles. The van der Waals surface area contributed by atoms with Gasteiger partial charge in [0.25, 0.3) is 5.91 Å². The summed E-state index contributed by atoms with van der Waals surface area (Å²) >= 11 is 8.00. The molecular formula is C38H41ClN6OS. The van der Waals surface area contributed by atoms with Gasteiger partial charge in [-0.1, -0.05) is 120 Å². The summed E-state index contributed by atoms with van der Waals surface area (Å²) in [4.78, 5) is 31.6. The van der Waals surface area contributed by atoms with Crippen molar-refractivity contribution in [2.24, 2.45) is 0 Å². The van der Waals surface area contributed by atoms with Crippen LogP contribution in [0.25, 0.3) is 12.2 Å². The van der Waals surface area contributed by atoms with Gasteiger partial charge in [-0.2, -0.15) is 0 Å². The number of aromatic nitrogens is 2. The molecule has 3 heterocycles. The molecule has 0 spiro atoms. The molecule has 6 rings (SSSR count). The average Bonchev–Trinajstić information content (AvgIpc) is 3.12. The Hall–Kier alpha value is -3.95. The number of carbonyl (C=O) groups excluding carboxylic acids is 1. The van der Waals surface area contributed by atoms with Gasteiger partial charge in [-0.05, 0) is 28.8 Å². The molecule has 0 saturated carbocycles. The number of hydrogen-bond donors (Lipinski definition) is 0. The molecule has 0 radical (unpaired) electrons. The topological polar surface area (TPSA) is 55.8 Å². The Bertz CT molecular complexity index is 1630. The first-order valence-electron chi connectivity index (χ1n) is 16.3. The van der Waals surface area contributed by atoms with E-state index in [0.717, 1.165) is 82.4 Å². The van der Waals surface area contributed by atoms with Crippen molar-refractivity contribution < 1.29 is 4.79 Å². The first-order valence-corrected chi connectivity index (χ1v) is 17.6. The van der Waals surface area contributed by atoms with Crippen LogP contribution in [0.15, 0.2) is 108 Å². The summed E-state index contributed by atoms with van der Waals surface area (Å²) in [7, 11) is 0. The number of nitrogens with zero attached hydrogens (tertiary/aromatic N) is 6. The summed E-state index contributed by atoms with van der Waals surface area (Å²) in [6.07, 6.45) is 8.77. The van der Waals surface area contributed by atoms with Crippen LogP contribution in [0.3, 0.4) is 0 Å². The highest BCUT2D eigenvalue weighted by molar-refractivity contribution is 7.98. The van der Waals surface area contributed by atoms with Crippen molar-refractivity contribution in [3.8, 4) is 0 Å². The maximum absolute atomic E-state index is 13.2. The van der Waals surface area contributed by atoms with E-state index in [1.807, 2.05) is 47.4 Å². The smallest absolute Gasteiger partial charge is 0.253 e. The van der Waals surface area contributed by atoms with Crippen molar-refractivity contribution in [3.63, 3.8) is 0 Å². The van der Waals surface area contributed by atoms with Crippen molar-refractivity contribution >= 4 is 47.2 Å². The monoisotopic (exact) mass is 664 g/mol. The Morgan fingerprint density at radius 2 is 1.26 bits per heavy atom. The molecule has 2 aliphatic heterocycles. The maximum atomic E-state index is 13.2. The van der Waals surface area contributed by atoms with E-state index in [-0.39, 0.29) is 5.91 Å². The Kier molecular flexibility index (Phi) is 11.7. The molecule has 47 heavy (non-hydrogen) atoms. The second-order valence-corrected chi connectivity index (χ2v) is 13.2. The summed E-state index contributed by atoms with van der Waals surface area (Å²) in [6, 6.07) is 30.5. The van der Waals surface area contributed by atoms with Gasteiger partial charge in [-0.15, -0.1) is 0 Å². The van der Waals surface area contributed by atoms with E-state index >= 15 is 0 Å². The van der Waals surface area contributed by atoms with Gasteiger partial charge in [0.1, 0.15) is 11.0 Å². The molecule has 2 saturated heterocycles. The van der Waals surface area contributed by atoms with Crippen LogP contribution >= 0.6 is 23.4 Å². The Balaban J connectivity index is 0.941. The number of rotatable bonds is 11. The molecule has 2 aliphatic rings. The van der Waals surface area contributed by atoms with Gasteiger partial charge in [0.05, 0.1) is 0 Å². The maximum Gasteiger partial charge on any atom is 0.253 e. The third-order valence-electron chi connectivity index (χ3n) is 8.53. The highest BCUT2D eigenvalue weighted by Gasteiger charge is 2.22. The lowest BCUT2D eigenvalue weighted by Gasteiger charge is -2.35. The van der Waals surface area contributed by atoms with E-state index in [4.69, 9.17) is 16.6 Å². The van der Waals surface area contributed by atoms with E-state index < -0.39 is 0 Å². The number of benzene rings is 3. The van der Waals surface area contributed by atoms with Crippen LogP contribution in [0.4, 0.5) is 5.82 Å². The zero-order valence-corrected chi connectivity index (χ0v) is 28.2. The second kappa shape index (κ2) is 16.7. The van der Waals surface area contributed by atoms with Crippen molar-refractivity contribution in [1.29, 1.82) is 0 Å². The van der Waals surface area contributed by atoms with Crippen molar-refractivity contribution in [2.45, 2.75) is 10.9 Å². The number of amides is 1. The molecule has 7 nitrogen and oxygen atoms in total. The minimum absolute atomic E-state index is 0.0961. The summed E-state index contributed by atoms with van der Waals surface area (Å²) in [5.41, 5.74) is 4.28. The SMILES string of the molecule is O=C(c1ccc(CSc2nc(Cl)cc(N3CCN(CC=Cc4ccccc4)CC3)n2)cc1)N1CCN(CC=Cc2ccccc2)CC1.